The molecule has 0 aliphatic heterocycles. The van der Waals surface area contributed by atoms with Gasteiger partial charge in [-0.3, -0.25) is 4.79 Å². The van der Waals surface area contributed by atoms with Crippen LogP contribution in [0.25, 0.3) is 0 Å². The molecular weight excluding hydrogens is 366 g/mol. The average molecular weight is 385 g/mol. The van der Waals surface area contributed by atoms with E-state index < -0.39 is 5.82 Å². The molecule has 0 heterocycles. The molecule has 25 heavy (non-hydrogen) atoms. The maximum absolute atomic E-state index is 13.6. The van der Waals surface area contributed by atoms with Gasteiger partial charge in [0.1, 0.15) is 18.2 Å². The van der Waals surface area contributed by atoms with Gasteiger partial charge >= 0.3 is 0 Å². The van der Waals surface area contributed by atoms with Crippen molar-refractivity contribution in [1.29, 1.82) is 0 Å². The molecule has 0 spiro atoms. The Morgan fingerprint density at radius 3 is 2.64 bits per heavy atom. The van der Waals surface area contributed by atoms with Gasteiger partial charge in [0, 0.05) is 11.1 Å². The van der Waals surface area contributed by atoms with Gasteiger partial charge in [-0.05, 0) is 36.8 Å². The molecule has 1 amide bonds. The van der Waals surface area contributed by atoms with E-state index in [2.05, 4.69) is 10.6 Å². The lowest BCUT2D eigenvalue weighted by Crippen LogP contribution is -2.37. The smallest absolute Gasteiger partial charge is 0.234 e. The lowest BCUT2D eigenvalue weighted by Gasteiger charge is -2.16. The van der Waals surface area contributed by atoms with Crippen molar-refractivity contribution in [2.24, 2.45) is 0 Å². The van der Waals surface area contributed by atoms with Crippen molar-refractivity contribution < 1.29 is 13.9 Å². The van der Waals surface area contributed by atoms with Gasteiger partial charge in [-0.25, -0.2) is 4.39 Å². The molecule has 4 nitrogen and oxygen atoms in total. The van der Waals surface area contributed by atoms with E-state index >= 15 is 0 Å². The molecule has 2 aromatic carbocycles. The first-order chi connectivity index (χ1) is 12.0. The predicted octanol–water partition coefficient (Wildman–Crippen LogP) is 3.98. The molecule has 0 saturated carbocycles. The van der Waals surface area contributed by atoms with E-state index in [1.165, 1.54) is 12.1 Å². The number of hydrogen-bond donors (Lipinski definition) is 2. The summed E-state index contributed by atoms with van der Waals surface area (Å²) in [5.41, 5.74) is 0.545. The van der Waals surface area contributed by atoms with E-state index in [0.29, 0.717) is 23.7 Å². The Labute approximate surface area is 156 Å². The van der Waals surface area contributed by atoms with Crippen molar-refractivity contribution in [2.75, 3.05) is 19.7 Å². The molecule has 0 aliphatic rings. The highest BCUT2D eigenvalue weighted by molar-refractivity contribution is 6.35. The number of rotatable bonds is 8. The number of carbonyl (C=O) groups is 1. The molecule has 0 aromatic heterocycles. The topological polar surface area (TPSA) is 50.4 Å². The number of benzene rings is 2. The van der Waals surface area contributed by atoms with Crippen molar-refractivity contribution >= 4 is 29.1 Å². The van der Waals surface area contributed by atoms with E-state index in [1.807, 2.05) is 30.3 Å². The minimum Gasteiger partial charge on any atom is -0.492 e. The summed E-state index contributed by atoms with van der Waals surface area (Å²) in [7, 11) is 0. The van der Waals surface area contributed by atoms with Crippen LogP contribution in [0, 0.1) is 5.82 Å². The third kappa shape index (κ3) is 6.20. The molecule has 134 valence electrons. The summed E-state index contributed by atoms with van der Waals surface area (Å²) in [6, 6.07) is 11.7. The second kappa shape index (κ2) is 9.61. The van der Waals surface area contributed by atoms with E-state index in [9.17, 15) is 9.18 Å². The van der Waals surface area contributed by atoms with Crippen molar-refractivity contribution in [1.82, 2.24) is 10.6 Å². The van der Waals surface area contributed by atoms with Crippen molar-refractivity contribution in [3.63, 3.8) is 0 Å². The Morgan fingerprint density at radius 2 is 1.92 bits per heavy atom. The Balaban J connectivity index is 1.71. The van der Waals surface area contributed by atoms with Crippen LogP contribution < -0.4 is 15.4 Å². The second-order valence-corrected chi connectivity index (χ2v) is 6.22. The highest BCUT2D eigenvalue weighted by Gasteiger charge is 2.14. The minimum absolute atomic E-state index is 0.0305. The monoisotopic (exact) mass is 384 g/mol. The van der Waals surface area contributed by atoms with E-state index in [4.69, 9.17) is 27.9 Å². The first kappa shape index (κ1) is 19.5. The molecule has 2 N–H and O–H groups in total. The van der Waals surface area contributed by atoms with Crippen LogP contribution in [-0.4, -0.2) is 25.6 Å². The van der Waals surface area contributed by atoms with Gasteiger partial charge in [-0.2, -0.15) is 0 Å². The Bertz CT molecular complexity index is 714. The van der Waals surface area contributed by atoms with Crippen LogP contribution in [0.3, 0.4) is 0 Å². The van der Waals surface area contributed by atoms with Crippen LogP contribution in [0.1, 0.15) is 18.5 Å². The molecule has 1 unspecified atom stereocenters. The SMILES string of the molecule is CC(NCC(=O)NCCOc1ccccc1)c1cc(F)c(Cl)cc1Cl. The summed E-state index contributed by atoms with van der Waals surface area (Å²) >= 11 is 11.7. The number of hydrogen-bond acceptors (Lipinski definition) is 3. The molecule has 0 saturated heterocycles. The summed E-state index contributed by atoms with van der Waals surface area (Å²) in [5.74, 6) is 0.0224. The van der Waals surface area contributed by atoms with Gasteiger partial charge in [0.15, 0.2) is 0 Å². The molecule has 1 atom stereocenters. The zero-order valence-electron chi connectivity index (χ0n) is 13.7. The summed E-state index contributed by atoms with van der Waals surface area (Å²) in [6.07, 6.45) is 0. The largest absolute Gasteiger partial charge is 0.492 e. The molecule has 0 fully saturated rings. The summed E-state index contributed by atoms with van der Waals surface area (Å²) in [5, 5.41) is 6.06. The molecule has 2 aromatic rings. The fourth-order valence-electron chi connectivity index (χ4n) is 2.16. The van der Waals surface area contributed by atoms with Crippen LogP contribution in [0.4, 0.5) is 4.39 Å². The number of nitrogens with one attached hydrogen (secondary N) is 2. The highest BCUT2D eigenvalue weighted by atomic mass is 35.5. The minimum atomic E-state index is -0.544. The number of para-hydroxylation sites is 1. The summed E-state index contributed by atoms with van der Waals surface area (Å²) in [4.78, 5) is 11.8. The fraction of sp³-hybridized carbons (Fsp3) is 0.278. The lowest BCUT2D eigenvalue weighted by molar-refractivity contribution is -0.120. The quantitative estimate of drug-likeness (QED) is 0.534. The molecular formula is C18H19Cl2FN2O2. The van der Waals surface area contributed by atoms with Gasteiger partial charge in [-0.15, -0.1) is 0 Å². The predicted molar refractivity (Wildman–Crippen MR) is 97.8 cm³/mol. The van der Waals surface area contributed by atoms with Gasteiger partial charge in [-0.1, -0.05) is 41.4 Å². The number of amides is 1. The zero-order valence-corrected chi connectivity index (χ0v) is 15.2. The Morgan fingerprint density at radius 1 is 1.20 bits per heavy atom. The maximum Gasteiger partial charge on any atom is 0.234 e. The Kier molecular flexibility index (Phi) is 7.50. The molecule has 2 rings (SSSR count). The highest BCUT2D eigenvalue weighted by Crippen LogP contribution is 2.28. The summed E-state index contributed by atoms with van der Waals surface area (Å²) in [6.45, 7) is 2.63. The number of ether oxygens (including phenoxy) is 1. The van der Waals surface area contributed by atoms with Crippen LogP contribution in [0.15, 0.2) is 42.5 Å². The first-order valence-corrected chi connectivity index (χ1v) is 8.55. The van der Waals surface area contributed by atoms with E-state index in [1.54, 1.807) is 6.92 Å². The third-order valence-corrected chi connectivity index (χ3v) is 4.13. The van der Waals surface area contributed by atoms with Gasteiger partial charge < -0.3 is 15.4 Å². The van der Waals surface area contributed by atoms with Crippen LogP contribution in [0.5, 0.6) is 5.75 Å². The normalized spacial score (nSPS) is 11.8. The maximum atomic E-state index is 13.6. The number of halogens is 3. The van der Waals surface area contributed by atoms with Crippen molar-refractivity contribution in [2.45, 2.75) is 13.0 Å². The molecule has 0 radical (unpaired) electrons. The van der Waals surface area contributed by atoms with Gasteiger partial charge in [0.05, 0.1) is 18.1 Å². The van der Waals surface area contributed by atoms with Gasteiger partial charge in [0.25, 0.3) is 0 Å². The van der Waals surface area contributed by atoms with Crippen LogP contribution in [0.2, 0.25) is 10.0 Å². The lowest BCUT2D eigenvalue weighted by atomic mass is 10.1. The fourth-order valence-corrected chi connectivity index (χ4v) is 2.71. The summed E-state index contributed by atoms with van der Waals surface area (Å²) < 4.78 is 19.0. The third-order valence-electron chi connectivity index (χ3n) is 3.51. The van der Waals surface area contributed by atoms with E-state index in [0.717, 1.165) is 5.75 Å². The van der Waals surface area contributed by atoms with Crippen molar-refractivity contribution in [3.8, 4) is 5.75 Å². The number of carbonyl (C=O) groups excluding carboxylic acids is 1. The average Bonchev–Trinajstić information content (AvgIpc) is 2.60. The Hall–Kier alpha value is -1.82. The van der Waals surface area contributed by atoms with Crippen LogP contribution in [-0.2, 0) is 4.79 Å². The first-order valence-electron chi connectivity index (χ1n) is 7.79. The standard InChI is InChI=1S/C18H19Cl2FN2O2/c1-12(14-9-17(21)16(20)10-15(14)19)23-11-18(24)22-7-8-25-13-5-3-2-4-6-13/h2-6,9-10,12,23H,7-8,11H2,1H3,(H,22,24). The second-order valence-electron chi connectivity index (χ2n) is 5.40. The van der Waals surface area contributed by atoms with Gasteiger partial charge in [0.2, 0.25) is 5.91 Å². The van der Waals surface area contributed by atoms with E-state index in [-0.39, 0.29) is 23.5 Å². The molecule has 0 aliphatic carbocycles. The zero-order chi connectivity index (χ0) is 18.2. The van der Waals surface area contributed by atoms with Crippen molar-refractivity contribution in [3.05, 3.63) is 63.9 Å². The molecule has 7 heteroatoms. The molecule has 0 bridgehead atoms. The van der Waals surface area contributed by atoms with Crippen LogP contribution >= 0.6 is 23.2 Å².